The number of hydrogen-bond acceptors (Lipinski definition) is 1. The van der Waals surface area contributed by atoms with Crippen LogP contribution in [0.25, 0.3) is 11.1 Å². The number of aromatic nitrogens is 2. The van der Waals surface area contributed by atoms with Crippen molar-refractivity contribution in [2.75, 3.05) is 0 Å². The normalized spacial score (nSPS) is 10.7. The lowest BCUT2D eigenvalue weighted by molar-refractivity contribution is 0.687. The van der Waals surface area contributed by atoms with Gasteiger partial charge in [-0.05, 0) is 30.2 Å². The molecule has 100 valence electrons. The van der Waals surface area contributed by atoms with Crippen molar-refractivity contribution in [2.45, 2.75) is 13.5 Å². The maximum atomic E-state index is 4.44. The summed E-state index contributed by atoms with van der Waals surface area (Å²) in [6.45, 7) is 2.90. The van der Waals surface area contributed by atoms with Crippen LogP contribution in [0.2, 0.25) is 0 Å². The number of halogens is 1. The van der Waals surface area contributed by atoms with Crippen molar-refractivity contribution in [3.8, 4) is 11.1 Å². The van der Waals surface area contributed by atoms with Crippen LogP contribution in [-0.2, 0) is 6.54 Å². The third-order valence-corrected chi connectivity index (χ3v) is 3.80. The summed E-state index contributed by atoms with van der Waals surface area (Å²) in [5.74, 6) is 0. The summed E-state index contributed by atoms with van der Waals surface area (Å²) in [5.41, 5.74) is 4.87. The Kier molecular flexibility index (Phi) is 3.70. The first-order chi connectivity index (χ1) is 9.70. The Balaban J connectivity index is 1.80. The van der Waals surface area contributed by atoms with Gasteiger partial charge in [0.25, 0.3) is 0 Å². The molecule has 0 bridgehead atoms. The highest BCUT2D eigenvalue weighted by atomic mass is 79.9. The lowest BCUT2D eigenvalue weighted by Crippen LogP contribution is -1.99. The van der Waals surface area contributed by atoms with E-state index in [4.69, 9.17) is 0 Å². The minimum atomic E-state index is 0.802. The van der Waals surface area contributed by atoms with Crippen LogP contribution in [0.5, 0.6) is 0 Å². The van der Waals surface area contributed by atoms with Gasteiger partial charge in [0, 0.05) is 16.2 Å². The van der Waals surface area contributed by atoms with Gasteiger partial charge in [0.05, 0.1) is 12.7 Å². The number of nitrogens with zero attached hydrogens (tertiary/aromatic N) is 2. The fraction of sp³-hybridized carbons (Fsp3) is 0.118. The van der Waals surface area contributed by atoms with E-state index in [9.17, 15) is 0 Å². The van der Waals surface area contributed by atoms with Gasteiger partial charge >= 0.3 is 0 Å². The van der Waals surface area contributed by atoms with Gasteiger partial charge in [-0.2, -0.15) is 5.10 Å². The zero-order valence-electron chi connectivity index (χ0n) is 11.3. The Labute approximate surface area is 127 Å². The van der Waals surface area contributed by atoms with Gasteiger partial charge < -0.3 is 0 Å². The monoisotopic (exact) mass is 326 g/mol. The van der Waals surface area contributed by atoms with Gasteiger partial charge in [-0.25, -0.2) is 0 Å². The van der Waals surface area contributed by atoms with E-state index < -0.39 is 0 Å². The van der Waals surface area contributed by atoms with Gasteiger partial charge in [-0.3, -0.25) is 4.68 Å². The highest BCUT2D eigenvalue weighted by molar-refractivity contribution is 9.10. The van der Waals surface area contributed by atoms with Gasteiger partial charge in [0.1, 0.15) is 0 Å². The molecule has 20 heavy (non-hydrogen) atoms. The molecule has 2 aromatic carbocycles. The fourth-order valence-electron chi connectivity index (χ4n) is 2.12. The topological polar surface area (TPSA) is 17.8 Å². The summed E-state index contributed by atoms with van der Waals surface area (Å²) < 4.78 is 3.07. The minimum Gasteiger partial charge on any atom is -0.268 e. The molecule has 0 aliphatic carbocycles. The summed E-state index contributed by atoms with van der Waals surface area (Å²) in [7, 11) is 0. The largest absolute Gasteiger partial charge is 0.268 e. The van der Waals surface area contributed by atoms with E-state index in [-0.39, 0.29) is 0 Å². The molecule has 3 aromatic rings. The lowest BCUT2D eigenvalue weighted by Gasteiger charge is -2.02. The second-order valence-electron chi connectivity index (χ2n) is 4.92. The van der Waals surface area contributed by atoms with E-state index in [1.807, 2.05) is 23.0 Å². The molecule has 0 unspecified atom stereocenters. The first-order valence-electron chi connectivity index (χ1n) is 6.55. The number of rotatable bonds is 3. The Hall–Kier alpha value is -1.87. The molecule has 0 atom stereocenters. The van der Waals surface area contributed by atoms with Crippen molar-refractivity contribution in [1.29, 1.82) is 0 Å². The van der Waals surface area contributed by atoms with E-state index >= 15 is 0 Å². The zero-order chi connectivity index (χ0) is 13.9. The van der Waals surface area contributed by atoms with Crippen molar-refractivity contribution >= 4 is 15.9 Å². The second-order valence-corrected chi connectivity index (χ2v) is 5.83. The summed E-state index contributed by atoms with van der Waals surface area (Å²) in [6.07, 6.45) is 4.00. The van der Waals surface area contributed by atoms with Crippen molar-refractivity contribution < 1.29 is 0 Å². The Morgan fingerprint density at radius 1 is 0.950 bits per heavy atom. The lowest BCUT2D eigenvalue weighted by atomic mass is 10.1. The van der Waals surface area contributed by atoms with Crippen LogP contribution < -0.4 is 0 Å². The predicted molar refractivity (Wildman–Crippen MR) is 85.6 cm³/mol. The van der Waals surface area contributed by atoms with E-state index in [0.717, 1.165) is 16.6 Å². The van der Waals surface area contributed by atoms with Gasteiger partial charge in [-0.15, -0.1) is 0 Å². The van der Waals surface area contributed by atoms with E-state index in [2.05, 4.69) is 70.5 Å². The molecule has 0 amide bonds. The molecule has 3 heteroatoms. The molecule has 0 spiro atoms. The zero-order valence-corrected chi connectivity index (χ0v) is 12.8. The molecule has 0 aliphatic rings. The average molecular weight is 327 g/mol. The van der Waals surface area contributed by atoms with Gasteiger partial charge in [0.15, 0.2) is 0 Å². The smallest absolute Gasteiger partial charge is 0.0659 e. The Morgan fingerprint density at radius 3 is 2.35 bits per heavy atom. The molecule has 2 nitrogen and oxygen atoms in total. The quantitative estimate of drug-likeness (QED) is 0.683. The first-order valence-corrected chi connectivity index (χ1v) is 7.34. The molecule has 0 saturated heterocycles. The Bertz CT molecular complexity index is 697. The van der Waals surface area contributed by atoms with Gasteiger partial charge in [0.2, 0.25) is 0 Å². The molecular weight excluding hydrogens is 312 g/mol. The third kappa shape index (κ3) is 2.99. The molecule has 0 saturated carbocycles. The van der Waals surface area contributed by atoms with E-state index in [1.165, 1.54) is 16.7 Å². The first kappa shape index (κ1) is 13.1. The maximum Gasteiger partial charge on any atom is 0.0659 e. The van der Waals surface area contributed by atoms with Crippen LogP contribution >= 0.6 is 15.9 Å². The van der Waals surface area contributed by atoms with Crippen LogP contribution in [0.15, 0.2) is 65.4 Å². The van der Waals surface area contributed by atoms with Gasteiger partial charge in [-0.1, -0.05) is 57.9 Å². The standard InChI is InChI=1S/C17H15BrN2/c1-13-2-4-14(5-3-13)11-20-12-16(10-19-20)15-6-8-17(18)9-7-15/h2-10,12H,11H2,1H3. The third-order valence-electron chi connectivity index (χ3n) is 3.28. The van der Waals surface area contributed by atoms with Crippen LogP contribution in [0.1, 0.15) is 11.1 Å². The maximum absolute atomic E-state index is 4.44. The molecule has 1 aromatic heterocycles. The molecule has 0 N–H and O–H groups in total. The summed E-state index contributed by atoms with van der Waals surface area (Å²) in [5, 5.41) is 4.44. The summed E-state index contributed by atoms with van der Waals surface area (Å²) >= 11 is 3.45. The van der Waals surface area contributed by atoms with E-state index in [1.54, 1.807) is 0 Å². The fourth-order valence-corrected chi connectivity index (χ4v) is 2.39. The van der Waals surface area contributed by atoms with Crippen LogP contribution in [0, 0.1) is 6.92 Å². The average Bonchev–Trinajstić information content (AvgIpc) is 2.91. The minimum absolute atomic E-state index is 0.802. The Morgan fingerprint density at radius 2 is 1.65 bits per heavy atom. The van der Waals surface area contributed by atoms with E-state index in [0.29, 0.717) is 0 Å². The van der Waals surface area contributed by atoms with Crippen molar-refractivity contribution in [1.82, 2.24) is 9.78 Å². The predicted octanol–water partition coefficient (Wildman–Crippen LogP) is 4.67. The molecular formula is C17H15BrN2. The molecule has 3 rings (SSSR count). The molecule has 1 heterocycles. The highest BCUT2D eigenvalue weighted by Crippen LogP contribution is 2.21. The summed E-state index contributed by atoms with van der Waals surface area (Å²) in [6, 6.07) is 16.9. The molecule has 0 radical (unpaired) electrons. The second kappa shape index (κ2) is 5.63. The number of benzene rings is 2. The molecule has 0 fully saturated rings. The molecule has 0 aliphatic heterocycles. The highest BCUT2D eigenvalue weighted by Gasteiger charge is 2.02. The number of aryl methyl sites for hydroxylation is 1. The van der Waals surface area contributed by atoms with Crippen molar-refractivity contribution in [3.63, 3.8) is 0 Å². The van der Waals surface area contributed by atoms with Crippen molar-refractivity contribution in [2.24, 2.45) is 0 Å². The number of hydrogen-bond donors (Lipinski definition) is 0. The van der Waals surface area contributed by atoms with Crippen molar-refractivity contribution in [3.05, 3.63) is 76.5 Å². The van der Waals surface area contributed by atoms with Crippen LogP contribution in [-0.4, -0.2) is 9.78 Å². The SMILES string of the molecule is Cc1ccc(Cn2cc(-c3ccc(Br)cc3)cn2)cc1. The van der Waals surface area contributed by atoms with Crippen LogP contribution in [0.4, 0.5) is 0 Å². The van der Waals surface area contributed by atoms with Crippen LogP contribution in [0.3, 0.4) is 0 Å². The summed E-state index contributed by atoms with van der Waals surface area (Å²) in [4.78, 5) is 0.